The van der Waals surface area contributed by atoms with Crippen LogP contribution >= 0.6 is 11.6 Å². The quantitative estimate of drug-likeness (QED) is 0.538. The summed E-state index contributed by atoms with van der Waals surface area (Å²) < 4.78 is 4.47. The number of ether oxygens (including phenoxy) is 1. The van der Waals surface area contributed by atoms with Gasteiger partial charge in [0, 0.05) is 5.41 Å². The van der Waals surface area contributed by atoms with Crippen molar-refractivity contribution < 1.29 is 19.4 Å². The van der Waals surface area contributed by atoms with Crippen LogP contribution in [0.2, 0.25) is 0 Å². The molecule has 1 saturated carbocycles. The SMILES string of the molecule is COC(=O)C1C(C)(C)C1(Cl)C(=O)O. The lowest BCUT2D eigenvalue weighted by Crippen LogP contribution is -2.23. The maximum atomic E-state index is 11.1. The highest BCUT2D eigenvalue weighted by atomic mass is 35.5. The first-order valence-corrected chi connectivity index (χ1v) is 4.18. The van der Waals surface area contributed by atoms with Crippen molar-refractivity contribution >= 4 is 23.5 Å². The molecule has 0 amide bonds. The third-order valence-electron chi connectivity index (χ3n) is 2.72. The van der Waals surface area contributed by atoms with Gasteiger partial charge in [-0.05, 0) is 0 Å². The molecule has 2 unspecified atom stereocenters. The van der Waals surface area contributed by atoms with Crippen molar-refractivity contribution in [1.82, 2.24) is 0 Å². The number of halogens is 1. The number of rotatable bonds is 2. The van der Waals surface area contributed by atoms with Crippen LogP contribution in [0.15, 0.2) is 0 Å². The zero-order valence-corrected chi connectivity index (χ0v) is 8.38. The summed E-state index contributed by atoms with van der Waals surface area (Å²) in [4.78, 5) is 20.4. The van der Waals surface area contributed by atoms with E-state index in [9.17, 15) is 9.59 Å². The van der Waals surface area contributed by atoms with Gasteiger partial charge in [-0.1, -0.05) is 13.8 Å². The van der Waals surface area contributed by atoms with Crippen molar-refractivity contribution in [3.63, 3.8) is 0 Å². The van der Waals surface area contributed by atoms with E-state index in [0.717, 1.165) is 0 Å². The minimum absolute atomic E-state index is 0.567. The lowest BCUT2D eigenvalue weighted by molar-refractivity contribution is -0.146. The van der Waals surface area contributed by atoms with E-state index in [-0.39, 0.29) is 0 Å². The summed E-state index contributed by atoms with van der Waals surface area (Å²) in [6.07, 6.45) is 0. The van der Waals surface area contributed by atoms with E-state index < -0.39 is 28.1 Å². The molecule has 1 rings (SSSR count). The predicted molar refractivity (Wildman–Crippen MR) is 45.5 cm³/mol. The molecule has 4 nitrogen and oxygen atoms in total. The van der Waals surface area contributed by atoms with Gasteiger partial charge >= 0.3 is 11.9 Å². The highest BCUT2D eigenvalue weighted by molar-refractivity contribution is 6.39. The molecule has 1 aliphatic rings. The second-order valence-corrected chi connectivity index (χ2v) is 4.29. The van der Waals surface area contributed by atoms with Crippen molar-refractivity contribution in [3.05, 3.63) is 0 Å². The van der Waals surface area contributed by atoms with E-state index >= 15 is 0 Å². The Morgan fingerprint density at radius 2 is 1.92 bits per heavy atom. The Labute approximate surface area is 80.8 Å². The van der Waals surface area contributed by atoms with Crippen LogP contribution in [0.1, 0.15) is 13.8 Å². The van der Waals surface area contributed by atoms with E-state index in [2.05, 4.69) is 4.74 Å². The van der Waals surface area contributed by atoms with Gasteiger partial charge in [-0.25, -0.2) is 0 Å². The topological polar surface area (TPSA) is 63.6 Å². The minimum Gasteiger partial charge on any atom is -0.480 e. The molecule has 0 aromatic carbocycles. The maximum Gasteiger partial charge on any atom is 0.326 e. The van der Waals surface area contributed by atoms with Gasteiger partial charge < -0.3 is 9.84 Å². The Morgan fingerprint density at radius 1 is 1.46 bits per heavy atom. The molecule has 2 atom stereocenters. The van der Waals surface area contributed by atoms with Crippen molar-refractivity contribution in [1.29, 1.82) is 0 Å². The van der Waals surface area contributed by atoms with Gasteiger partial charge in [-0.2, -0.15) is 0 Å². The zero-order valence-electron chi connectivity index (χ0n) is 7.63. The second kappa shape index (κ2) is 2.61. The van der Waals surface area contributed by atoms with E-state index in [0.29, 0.717) is 0 Å². The number of aliphatic carboxylic acids is 1. The number of carboxylic acid groups (broad SMARTS) is 1. The van der Waals surface area contributed by atoms with Gasteiger partial charge in [0.25, 0.3) is 0 Å². The first-order chi connectivity index (χ1) is 5.80. The van der Waals surface area contributed by atoms with E-state index in [1.807, 2.05) is 0 Å². The normalized spacial score (nSPS) is 35.2. The molecule has 1 fully saturated rings. The van der Waals surface area contributed by atoms with E-state index in [1.54, 1.807) is 13.8 Å². The molecule has 0 aliphatic heterocycles. The molecule has 1 aliphatic carbocycles. The molecule has 0 bridgehead atoms. The molecule has 0 spiro atoms. The Hall–Kier alpha value is -0.770. The smallest absolute Gasteiger partial charge is 0.326 e. The molecule has 0 aromatic rings. The fourth-order valence-corrected chi connectivity index (χ4v) is 2.10. The van der Waals surface area contributed by atoms with Gasteiger partial charge in [0.15, 0.2) is 4.87 Å². The molecule has 0 radical (unpaired) electrons. The van der Waals surface area contributed by atoms with Crippen molar-refractivity contribution in [3.8, 4) is 0 Å². The molecular formula is C8H11ClO4. The molecular weight excluding hydrogens is 196 g/mol. The average molecular weight is 207 g/mol. The third-order valence-corrected chi connectivity index (χ3v) is 3.59. The van der Waals surface area contributed by atoms with Gasteiger partial charge in [-0.3, -0.25) is 9.59 Å². The molecule has 13 heavy (non-hydrogen) atoms. The predicted octanol–water partition coefficient (Wildman–Crippen LogP) is 0.878. The van der Waals surface area contributed by atoms with Crippen LogP contribution in [0.4, 0.5) is 0 Å². The fourth-order valence-electron chi connectivity index (χ4n) is 1.68. The van der Waals surface area contributed by atoms with Gasteiger partial charge in [-0.15, -0.1) is 11.6 Å². The Morgan fingerprint density at radius 3 is 2.15 bits per heavy atom. The standard InChI is InChI=1S/C8H11ClO4/c1-7(2)4(5(10)13-3)8(7,9)6(11)12/h4H,1-3H3,(H,11,12). The van der Waals surface area contributed by atoms with Crippen LogP contribution in [-0.4, -0.2) is 29.0 Å². The van der Waals surface area contributed by atoms with Crippen molar-refractivity contribution in [2.75, 3.05) is 7.11 Å². The first-order valence-electron chi connectivity index (χ1n) is 3.80. The number of hydrogen-bond acceptors (Lipinski definition) is 3. The lowest BCUT2D eigenvalue weighted by Gasteiger charge is -2.03. The molecule has 5 heteroatoms. The summed E-state index contributed by atoms with van der Waals surface area (Å²) >= 11 is 5.81. The highest BCUT2D eigenvalue weighted by Crippen LogP contribution is 2.66. The number of carbonyl (C=O) groups excluding carboxylic acids is 1. The number of hydrogen-bond donors (Lipinski definition) is 1. The second-order valence-electron chi connectivity index (χ2n) is 3.69. The Balaban J connectivity index is 2.95. The summed E-state index contributed by atoms with van der Waals surface area (Å²) in [7, 11) is 1.22. The van der Waals surface area contributed by atoms with Gasteiger partial charge in [0.2, 0.25) is 0 Å². The maximum absolute atomic E-state index is 11.1. The van der Waals surface area contributed by atoms with Crippen molar-refractivity contribution in [2.24, 2.45) is 11.3 Å². The monoisotopic (exact) mass is 206 g/mol. The lowest BCUT2D eigenvalue weighted by atomic mass is 10.1. The summed E-state index contributed by atoms with van der Waals surface area (Å²) in [5.74, 6) is -2.50. The van der Waals surface area contributed by atoms with Crippen LogP contribution in [0.3, 0.4) is 0 Å². The fraction of sp³-hybridized carbons (Fsp3) is 0.750. The summed E-state index contributed by atoms with van der Waals surface area (Å²) in [5.41, 5.74) is -0.743. The summed E-state index contributed by atoms with van der Waals surface area (Å²) in [6, 6.07) is 0. The van der Waals surface area contributed by atoms with Crippen LogP contribution in [0, 0.1) is 11.3 Å². The zero-order chi connectivity index (χ0) is 10.4. The molecule has 0 aromatic heterocycles. The van der Waals surface area contributed by atoms with Gasteiger partial charge in [0.05, 0.1) is 13.0 Å². The third kappa shape index (κ3) is 1.05. The number of carboxylic acids is 1. The molecule has 0 heterocycles. The number of alkyl halides is 1. The summed E-state index contributed by atoms with van der Waals surface area (Å²) in [6.45, 7) is 3.27. The van der Waals surface area contributed by atoms with Gasteiger partial charge in [0.1, 0.15) is 0 Å². The van der Waals surface area contributed by atoms with Crippen LogP contribution in [0.25, 0.3) is 0 Å². The average Bonchev–Trinajstić information content (AvgIpc) is 2.47. The van der Waals surface area contributed by atoms with Crippen LogP contribution in [0.5, 0.6) is 0 Å². The molecule has 74 valence electrons. The number of carbonyl (C=O) groups is 2. The van der Waals surface area contributed by atoms with E-state index in [1.165, 1.54) is 7.11 Å². The highest BCUT2D eigenvalue weighted by Gasteiger charge is 2.79. The largest absolute Gasteiger partial charge is 0.480 e. The molecule has 1 N–H and O–H groups in total. The number of methoxy groups -OCH3 is 1. The van der Waals surface area contributed by atoms with Crippen molar-refractivity contribution in [2.45, 2.75) is 18.7 Å². The van der Waals surface area contributed by atoms with Crippen LogP contribution in [-0.2, 0) is 14.3 Å². The first kappa shape index (κ1) is 10.3. The van der Waals surface area contributed by atoms with Crippen LogP contribution < -0.4 is 0 Å². The summed E-state index contributed by atoms with van der Waals surface area (Å²) in [5, 5.41) is 8.82. The Kier molecular flexibility index (Phi) is 2.07. The number of esters is 1. The molecule has 0 saturated heterocycles. The Bertz CT molecular complexity index is 273. The minimum atomic E-state index is -1.50. The van der Waals surface area contributed by atoms with E-state index in [4.69, 9.17) is 16.7 Å².